The van der Waals surface area contributed by atoms with Gasteiger partial charge in [0.1, 0.15) is 0 Å². The standard InChI is InChI=1S/C24H31N5O3/c1-27-20-15-19(26-23(31)25-16-17-9-5-3-6-10-17)18(11-14-29-12-7-4-8-13-29)21(20)22(30)28(2)24(27)32/h3,5-6,9-10,15,18H,4,7-8,11-14,16H2,1-2H3,(H2,25,26,31). The van der Waals surface area contributed by atoms with Gasteiger partial charge in [-0.3, -0.25) is 13.9 Å². The van der Waals surface area contributed by atoms with Gasteiger partial charge in [0.2, 0.25) is 0 Å². The van der Waals surface area contributed by atoms with E-state index in [9.17, 15) is 14.4 Å². The first kappa shape index (κ1) is 22.1. The summed E-state index contributed by atoms with van der Waals surface area (Å²) in [5.41, 5.74) is 2.19. The second-order valence-electron chi connectivity index (χ2n) is 8.64. The normalized spacial score (nSPS) is 18.2. The Morgan fingerprint density at radius 1 is 1.03 bits per heavy atom. The second kappa shape index (κ2) is 9.56. The molecule has 1 aromatic heterocycles. The van der Waals surface area contributed by atoms with Crippen LogP contribution < -0.4 is 21.9 Å². The zero-order valence-electron chi connectivity index (χ0n) is 18.8. The highest BCUT2D eigenvalue weighted by atomic mass is 16.2. The molecule has 0 spiro atoms. The Morgan fingerprint density at radius 3 is 2.47 bits per heavy atom. The Balaban J connectivity index is 1.54. The number of urea groups is 1. The highest BCUT2D eigenvalue weighted by Gasteiger charge is 2.32. The van der Waals surface area contributed by atoms with Crippen molar-refractivity contribution >= 4 is 12.1 Å². The smallest absolute Gasteiger partial charge is 0.330 e. The van der Waals surface area contributed by atoms with E-state index in [1.165, 1.54) is 30.9 Å². The van der Waals surface area contributed by atoms with Crippen LogP contribution in [-0.2, 0) is 20.6 Å². The molecule has 2 N–H and O–H groups in total. The topological polar surface area (TPSA) is 88.4 Å². The fraction of sp³-hybridized carbons (Fsp3) is 0.458. The molecule has 8 nitrogen and oxygen atoms in total. The van der Waals surface area contributed by atoms with Crippen molar-refractivity contribution in [3.8, 4) is 0 Å². The van der Waals surface area contributed by atoms with E-state index < -0.39 is 0 Å². The number of carbonyl (C=O) groups is 1. The first-order chi connectivity index (χ1) is 15.5. The maximum absolute atomic E-state index is 13.0. The molecule has 2 aliphatic rings. The fourth-order valence-corrected chi connectivity index (χ4v) is 4.66. The lowest BCUT2D eigenvalue weighted by molar-refractivity contribution is 0.222. The van der Waals surface area contributed by atoms with Crippen LogP contribution in [0, 0.1) is 0 Å². The van der Waals surface area contributed by atoms with E-state index in [-0.39, 0.29) is 23.2 Å². The largest absolute Gasteiger partial charge is 0.334 e. The lowest BCUT2D eigenvalue weighted by Crippen LogP contribution is -2.41. The maximum atomic E-state index is 13.0. The number of amides is 2. The molecule has 2 heterocycles. The van der Waals surface area contributed by atoms with E-state index in [4.69, 9.17) is 0 Å². The van der Waals surface area contributed by atoms with E-state index in [1.54, 1.807) is 13.1 Å². The quantitative estimate of drug-likeness (QED) is 0.723. The van der Waals surface area contributed by atoms with Crippen LogP contribution in [0.3, 0.4) is 0 Å². The van der Waals surface area contributed by atoms with E-state index >= 15 is 0 Å². The zero-order chi connectivity index (χ0) is 22.7. The van der Waals surface area contributed by atoms with Crippen LogP contribution in [0.25, 0.3) is 6.08 Å². The molecule has 0 radical (unpaired) electrons. The van der Waals surface area contributed by atoms with Crippen molar-refractivity contribution in [2.45, 2.75) is 38.1 Å². The minimum absolute atomic E-state index is 0.250. The van der Waals surface area contributed by atoms with Gasteiger partial charge in [-0.15, -0.1) is 0 Å². The SMILES string of the molecule is Cn1c2c(c(=O)n(C)c1=O)C(CCN1CCCCC1)C(NC(=O)NCc1ccccc1)=C2. The minimum Gasteiger partial charge on any atom is -0.334 e. The highest BCUT2D eigenvalue weighted by molar-refractivity contribution is 5.79. The van der Waals surface area contributed by atoms with Crippen molar-refractivity contribution in [3.63, 3.8) is 0 Å². The molecule has 2 amide bonds. The number of piperidine rings is 1. The zero-order valence-corrected chi connectivity index (χ0v) is 18.8. The summed E-state index contributed by atoms with van der Waals surface area (Å²) in [6, 6.07) is 9.37. The van der Waals surface area contributed by atoms with E-state index in [2.05, 4.69) is 15.5 Å². The number of nitrogens with one attached hydrogen (secondary N) is 2. The third-order valence-electron chi connectivity index (χ3n) is 6.50. The third kappa shape index (κ3) is 4.55. The van der Waals surface area contributed by atoms with E-state index in [1.807, 2.05) is 30.3 Å². The summed E-state index contributed by atoms with van der Waals surface area (Å²) < 4.78 is 2.64. The Bertz CT molecular complexity index is 1130. The van der Waals surface area contributed by atoms with Crippen LogP contribution in [0.4, 0.5) is 4.79 Å². The number of benzene rings is 1. The average Bonchev–Trinajstić information content (AvgIpc) is 3.18. The van der Waals surface area contributed by atoms with Gasteiger partial charge in [-0.2, -0.15) is 0 Å². The fourth-order valence-electron chi connectivity index (χ4n) is 4.66. The maximum Gasteiger partial charge on any atom is 0.330 e. The van der Waals surface area contributed by atoms with Gasteiger partial charge in [-0.1, -0.05) is 36.8 Å². The summed E-state index contributed by atoms with van der Waals surface area (Å²) in [6.07, 6.45) is 6.15. The summed E-state index contributed by atoms with van der Waals surface area (Å²) in [7, 11) is 3.17. The number of rotatable bonds is 6. The van der Waals surface area contributed by atoms with Gasteiger partial charge in [0, 0.05) is 32.3 Å². The molecule has 1 aromatic carbocycles. The molecule has 0 saturated carbocycles. The van der Waals surface area contributed by atoms with E-state index in [0.717, 1.165) is 29.8 Å². The molecule has 4 rings (SSSR count). The predicted molar refractivity (Wildman–Crippen MR) is 124 cm³/mol. The van der Waals surface area contributed by atoms with Crippen LogP contribution in [0.2, 0.25) is 0 Å². The number of nitrogens with zero attached hydrogens (tertiary/aromatic N) is 3. The molecule has 1 aliphatic carbocycles. The molecule has 2 aromatic rings. The lowest BCUT2D eigenvalue weighted by Gasteiger charge is -2.28. The number of hydrogen-bond donors (Lipinski definition) is 2. The van der Waals surface area contributed by atoms with Crippen molar-refractivity contribution < 1.29 is 4.79 Å². The summed E-state index contributed by atoms with van der Waals surface area (Å²) in [5.74, 6) is -0.250. The van der Waals surface area contributed by atoms with Gasteiger partial charge < -0.3 is 15.5 Å². The summed E-state index contributed by atoms with van der Waals surface area (Å²) in [6.45, 7) is 3.39. The minimum atomic E-state index is -0.366. The second-order valence-corrected chi connectivity index (χ2v) is 8.64. The van der Waals surface area contributed by atoms with Crippen LogP contribution in [0.1, 0.15) is 48.4 Å². The Kier molecular flexibility index (Phi) is 6.60. The van der Waals surface area contributed by atoms with Gasteiger partial charge >= 0.3 is 11.7 Å². The monoisotopic (exact) mass is 437 g/mol. The van der Waals surface area contributed by atoms with Gasteiger partial charge in [-0.25, -0.2) is 9.59 Å². The summed E-state index contributed by atoms with van der Waals surface area (Å²) in [5, 5.41) is 5.83. The van der Waals surface area contributed by atoms with Crippen LogP contribution in [0.5, 0.6) is 0 Å². The number of allylic oxidation sites excluding steroid dienone is 1. The lowest BCUT2D eigenvalue weighted by atomic mass is 9.97. The number of aromatic nitrogens is 2. The van der Waals surface area contributed by atoms with Gasteiger partial charge in [0.15, 0.2) is 0 Å². The summed E-state index contributed by atoms with van der Waals surface area (Å²) in [4.78, 5) is 40.5. The Morgan fingerprint density at radius 2 is 1.75 bits per heavy atom. The average molecular weight is 438 g/mol. The van der Waals surface area contributed by atoms with Crippen molar-refractivity contribution in [2.75, 3.05) is 19.6 Å². The van der Waals surface area contributed by atoms with Gasteiger partial charge in [0.05, 0.1) is 11.3 Å². The van der Waals surface area contributed by atoms with Crippen molar-refractivity contribution in [3.05, 3.63) is 73.7 Å². The Labute approximate surface area is 187 Å². The van der Waals surface area contributed by atoms with Gasteiger partial charge in [-0.05, 0) is 50.5 Å². The summed E-state index contributed by atoms with van der Waals surface area (Å²) >= 11 is 0. The van der Waals surface area contributed by atoms with E-state index in [0.29, 0.717) is 29.9 Å². The third-order valence-corrected chi connectivity index (χ3v) is 6.50. The molecule has 32 heavy (non-hydrogen) atoms. The van der Waals surface area contributed by atoms with Crippen molar-refractivity contribution in [1.82, 2.24) is 24.7 Å². The molecule has 1 unspecified atom stereocenters. The van der Waals surface area contributed by atoms with Crippen LogP contribution in [-0.4, -0.2) is 39.7 Å². The molecular weight excluding hydrogens is 406 g/mol. The molecule has 1 aliphatic heterocycles. The first-order valence-corrected chi connectivity index (χ1v) is 11.3. The number of likely N-dealkylation sites (tertiary alicyclic amines) is 1. The molecule has 170 valence electrons. The predicted octanol–water partition coefficient (Wildman–Crippen LogP) is 1.90. The Hall–Kier alpha value is -3.13. The molecule has 1 saturated heterocycles. The number of hydrogen-bond acceptors (Lipinski definition) is 4. The van der Waals surface area contributed by atoms with Crippen LogP contribution >= 0.6 is 0 Å². The molecule has 0 bridgehead atoms. The number of fused-ring (bicyclic) bond motifs is 1. The first-order valence-electron chi connectivity index (χ1n) is 11.3. The van der Waals surface area contributed by atoms with Gasteiger partial charge in [0.25, 0.3) is 5.56 Å². The molecule has 1 atom stereocenters. The highest BCUT2D eigenvalue weighted by Crippen LogP contribution is 2.34. The number of carbonyl (C=O) groups excluding carboxylic acids is 1. The molecule has 1 fully saturated rings. The molecular formula is C24H31N5O3. The molecule has 8 heteroatoms. The van der Waals surface area contributed by atoms with Crippen LogP contribution in [0.15, 0.2) is 45.6 Å². The van der Waals surface area contributed by atoms with Crippen molar-refractivity contribution in [1.29, 1.82) is 0 Å². The van der Waals surface area contributed by atoms with Crippen molar-refractivity contribution in [2.24, 2.45) is 14.1 Å².